The Morgan fingerprint density at radius 1 is 1.26 bits per heavy atom. The van der Waals surface area contributed by atoms with Crippen molar-refractivity contribution < 1.29 is 14.3 Å². The molecule has 0 aliphatic carbocycles. The number of hydrogen-bond donors (Lipinski definition) is 0. The van der Waals surface area contributed by atoms with Gasteiger partial charge in [0.15, 0.2) is 0 Å². The molecule has 0 radical (unpaired) electrons. The number of nitrogens with zero attached hydrogens (tertiary/aromatic N) is 1. The molecule has 100 valence electrons. The van der Waals surface area contributed by atoms with Gasteiger partial charge in [0.05, 0.1) is 5.92 Å². The summed E-state index contributed by atoms with van der Waals surface area (Å²) in [4.78, 5) is 25.5. The molecule has 1 unspecified atom stereocenters. The number of carbonyl (C=O) groups excluding carboxylic acids is 2. The summed E-state index contributed by atoms with van der Waals surface area (Å²) in [6.45, 7) is 1.02. The molecule has 0 saturated carbocycles. The SMILES string of the molecule is O=C(OCc1ccccc1)[C@H]1CCN2C(=O)CCC12. The molecule has 1 amide bonds. The third-order valence-electron chi connectivity index (χ3n) is 4.05. The molecule has 2 atom stereocenters. The maximum Gasteiger partial charge on any atom is 0.311 e. The number of hydrogen-bond acceptors (Lipinski definition) is 3. The molecule has 19 heavy (non-hydrogen) atoms. The second kappa shape index (κ2) is 5.03. The highest BCUT2D eigenvalue weighted by Gasteiger charge is 2.45. The van der Waals surface area contributed by atoms with Crippen LogP contribution in [0.15, 0.2) is 30.3 Å². The number of carbonyl (C=O) groups is 2. The lowest BCUT2D eigenvalue weighted by Crippen LogP contribution is -2.33. The quantitative estimate of drug-likeness (QED) is 0.777. The van der Waals surface area contributed by atoms with Gasteiger partial charge in [-0.2, -0.15) is 0 Å². The van der Waals surface area contributed by atoms with E-state index in [1.54, 1.807) is 0 Å². The minimum absolute atomic E-state index is 0.0794. The molecule has 0 spiro atoms. The molecule has 2 heterocycles. The first-order chi connectivity index (χ1) is 9.25. The van der Waals surface area contributed by atoms with Crippen LogP contribution < -0.4 is 0 Å². The summed E-state index contributed by atoms with van der Waals surface area (Å²) in [7, 11) is 0. The Morgan fingerprint density at radius 3 is 2.84 bits per heavy atom. The zero-order chi connectivity index (χ0) is 13.2. The van der Waals surface area contributed by atoms with Crippen LogP contribution >= 0.6 is 0 Å². The molecule has 1 aromatic rings. The topological polar surface area (TPSA) is 46.6 Å². The van der Waals surface area contributed by atoms with E-state index in [2.05, 4.69) is 0 Å². The van der Waals surface area contributed by atoms with Crippen LogP contribution in [0.1, 0.15) is 24.8 Å². The smallest absolute Gasteiger partial charge is 0.311 e. The number of ether oxygens (including phenoxy) is 1. The lowest BCUT2D eigenvalue weighted by Gasteiger charge is -2.19. The Labute approximate surface area is 112 Å². The summed E-state index contributed by atoms with van der Waals surface area (Å²) in [5.41, 5.74) is 0.994. The molecular weight excluding hydrogens is 242 g/mol. The van der Waals surface area contributed by atoms with E-state index in [-0.39, 0.29) is 23.8 Å². The van der Waals surface area contributed by atoms with Gasteiger partial charge in [-0.05, 0) is 18.4 Å². The van der Waals surface area contributed by atoms with E-state index in [1.807, 2.05) is 35.2 Å². The Bertz CT molecular complexity index is 485. The van der Waals surface area contributed by atoms with Crippen LogP contribution in [-0.4, -0.2) is 29.4 Å². The first-order valence-electron chi connectivity index (χ1n) is 6.76. The summed E-state index contributed by atoms with van der Waals surface area (Å²) in [5.74, 6) is -0.107. The van der Waals surface area contributed by atoms with E-state index >= 15 is 0 Å². The van der Waals surface area contributed by atoms with Gasteiger partial charge < -0.3 is 9.64 Å². The number of fused-ring (bicyclic) bond motifs is 1. The zero-order valence-electron chi connectivity index (χ0n) is 10.7. The van der Waals surface area contributed by atoms with Crippen molar-refractivity contribution in [1.82, 2.24) is 4.90 Å². The van der Waals surface area contributed by atoms with Gasteiger partial charge in [-0.3, -0.25) is 9.59 Å². The maximum atomic E-state index is 12.1. The highest BCUT2D eigenvalue weighted by molar-refractivity contribution is 5.82. The van der Waals surface area contributed by atoms with Crippen molar-refractivity contribution >= 4 is 11.9 Å². The molecule has 2 saturated heterocycles. The number of rotatable bonds is 3. The predicted molar refractivity (Wildman–Crippen MR) is 69.1 cm³/mol. The number of amides is 1. The van der Waals surface area contributed by atoms with Crippen LogP contribution in [0, 0.1) is 5.92 Å². The molecule has 4 nitrogen and oxygen atoms in total. The van der Waals surface area contributed by atoms with Gasteiger partial charge >= 0.3 is 5.97 Å². The van der Waals surface area contributed by atoms with E-state index in [1.165, 1.54) is 0 Å². The summed E-state index contributed by atoms with van der Waals surface area (Å²) in [6.07, 6.45) is 2.11. The van der Waals surface area contributed by atoms with Gasteiger partial charge in [0.1, 0.15) is 6.61 Å². The molecule has 2 aliphatic heterocycles. The van der Waals surface area contributed by atoms with E-state index in [9.17, 15) is 9.59 Å². The van der Waals surface area contributed by atoms with Gasteiger partial charge in [-0.25, -0.2) is 0 Å². The lowest BCUT2D eigenvalue weighted by molar-refractivity contribution is -0.150. The maximum absolute atomic E-state index is 12.1. The minimum Gasteiger partial charge on any atom is -0.461 e. The third kappa shape index (κ3) is 2.35. The molecule has 0 N–H and O–H groups in total. The zero-order valence-corrected chi connectivity index (χ0v) is 10.7. The predicted octanol–water partition coefficient (Wildman–Crippen LogP) is 1.74. The van der Waals surface area contributed by atoms with Crippen LogP contribution in [0.25, 0.3) is 0 Å². The van der Waals surface area contributed by atoms with Crippen molar-refractivity contribution in [3.63, 3.8) is 0 Å². The fourth-order valence-corrected chi connectivity index (χ4v) is 3.05. The van der Waals surface area contributed by atoms with Gasteiger partial charge in [0.25, 0.3) is 0 Å². The van der Waals surface area contributed by atoms with Crippen LogP contribution in [-0.2, 0) is 20.9 Å². The van der Waals surface area contributed by atoms with Gasteiger partial charge in [0.2, 0.25) is 5.91 Å². The number of esters is 1. The van der Waals surface area contributed by atoms with Crippen molar-refractivity contribution in [3.05, 3.63) is 35.9 Å². The van der Waals surface area contributed by atoms with E-state index in [0.717, 1.165) is 18.4 Å². The average molecular weight is 259 g/mol. The normalized spacial score (nSPS) is 25.5. The average Bonchev–Trinajstić information content (AvgIpc) is 3.01. The van der Waals surface area contributed by atoms with Crippen molar-refractivity contribution in [2.45, 2.75) is 31.9 Å². The highest BCUT2D eigenvalue weighted by atomic mass is 16.5. The summed E-state index contributed by atoms with van der Waals surface area (Å²) in [6, 6.07) is 9.74. The first-order valence-corrected chi connectivity index (χ1v) is 6.76. The van der Waals surface area contributed by atoms with Crippen LogP contribution in [0.4, 0.5) is 0 Å². The van der Waals surface area contributed by atoms with Crippen LogP contribution in [0.5, 0.6) is 0 Å². The molecule has 1 aromatic carbocycles. The Hall–Kier alpha value is -1.84. The molecule has 2 fully saturated rings. The molecular formula is C15H17NO3. The highest BCUT2D eigenvalue weighted by Crippen LogP contribution is 2.34. The summed E-state index contributed by atoms with van der Waals surface area (Å²) < 4.78 is 5.38. The van der Waals surface area contributed by atoms with E-state index in [4.69, 9.17) is 4.74 Å². The van der Waals surface area contributed by atoms with Crippen molar-refractivity contribution in [2.75, 3.05) is 6.54 Å². The Kier molecular flexibility index (Phi) is 3.23. The molecule has 3 rings (SSSR count). The second-order valence-corrected chi connectivity index (χ2v) is 5.18. The van der Waals surface area contributed by atoms with Crippen molar-refractivity contribution in [1.29, 1.82) is 0 Å². The molecule has 0 aromatic heterocycles. The Morgan fingerprint density at radius 2 is 2.05 bits per heavy atom. The van der Waals surface area contributed by atoms with E-state index < -0.39 is 0 Å². The molecule has 4 heteroatoms. The summed E-state index contributed by atoms with van der Waals surface area (Å²) in [5, 5.41) is 0. The first kappa shape index (κ1) is 12.2. The fourth-order valence-electron chi connectivity index (χ4n) is 3.05. The largest absolute Gasteiger partial charge is 0.461 e. The van der Waals surface area contributed by atoms with Gasteiger partial charge in [0, 0.05) is 19.0 Å². The van der Waals surface area contributed by atoms with Gasteiger partial charge in [-0.15, -0.1) is 0 Å². The standard InChI is InChI=1S/C15H17NO3/c17-14-7-6-13-12(8-9-16(13)14)15(18)19-10-11-4-2-1-3-5-11/h1-5,12-13H,6-10H2/t12-,13?/m0/s1. The lowest BCUT2D eigenvalue weighted by atomic mass is 9.99. The summed E-state index contributed by atoms with van der Waals surface area (Å²) >= 11 is 0. The fraction of sp³-hybridized carbons (Fsp3) is 0.467. The van der Waals surface area contributed by atoms with Crippen LogP contribution in [0.3, 0.4) is 0 Å². The molecule has 2 aliphatic rings. The van der Waals surface area contributed by atoms with Crippen molar-refractivity contribution in [3.8, 4) is 0 Å². The minimum atomic E-state index is -0.161. The third-order valence-corrected chi connectivity index (χ3v) is 4.05. The van der Waals surface area contributed by atoms with E-state index in [0.29, 0.717) is 19.6 Å². The van der Waals surface area contributed by atoms with Crippen molar-refractivity contribution in [2.24, 2.45) is 5.92 Å². The Balaban J connectivity index is 1.58. The second-order valence-electron chi connectivity index (χ2n) is 5.18. The monoisotopic (exact) mass is 259 g/mol. The van der Waals surface area contributed by atoms with Gasteiger partial charge in [-0.1, -0.05) is 30.3 Å². The number of benzene rings is 1. The van der Waals surface area contributed by atoms with Crippen LogP contribution in [0.2, 0.25) is 0 Å². The molecule has 0 bridgehead atoms.